The summed E-state index contributed by atoms with van der Waals surface area (Å²) in [5.41, 5.74) is -1.44. The second-order valence-electron chi connectivity index (χ2n) is 4.95. The van der Waals surface area contributed by atoms with Gasteiger partial charge in [-0.05, 0) is 19.9 Å². The number of piperazine rings is 1. The van der Waals surface area contributed by atoms with Gasteiger partial charge in [0, 0.05) is 11.8 Å². The van der Waals surface area contributed by atoms with Gasteiger partial charge in [-0.25, -0.2) is 4.39 Å². The van der Waals surface area contributed by atoms with Crippen LogP contribution >= 0.6 is 0 Å². The number of nitro benzene ring substituents is 1. The molecular formula is C12H12FN3O4. The number of anilines is 1. The van der Waals surface area contributed by atoms with Crippen LogP contribution in [0.5, 0.6) is 0 Å². The van der Waals surface area contributed by atoms with Crippen LogP contribution in [0.2, 0.25) is 0 Å². The van der Waals surface area contributed by atoms with E-state index in [4.69, 9.17) is 0 Å². The van der Waals surface area contributed by atoms with Crippen LogP contribution in [-0.4, -0.2) is 28.8 Å². The molecule has 0 bridgehead atoms. The number of nitrogens with zero attached hydrogens (tertiary/aromatic N) is 2. The summed E-state index contributed by atoms with van der Waals surface area (Å²) in [5.74, 6) is -1.88. The van der Waals surface area contributed by atoms with Crippen LogP contribution in [0.25, 0.3) is 0 Å². The first kappa shape index (κ1) is 13.9. The van der Waals surface area contributed by atoms with E-state index in [1.807, 2.05) is 0 Å². The molecule has 8 heteroatoms. The Morgan fingerprint density at radius 1 is 1.35 bits per heavy atom. The normalized spacial score (nSPS) is 17.9. The summed E-state index contributed by atoms with van der Waals surface area (Å²) >= 11 is 0. The third kappa shape index (κ3) is 2.31. The summed E-state index contributed by atoms with van der Waals surface area (Å²) in [5, 5.41) is 12.9. The van der Waals surface area contributed by atoms with E-state index in [0.717, 1.165) is 18.2 Å². The molecule has 106 valence electrons. The number of hydrogen-bond acceptors (Lipinski definition) is 5. The fourth-order valence-corrected chi connectivity index (χ4v) is 2.02. The van der Waals surface area contributed by atoms with Gasteiger partial charge in [0.05, 0.1) is 17.5 Å². The van der Waals surface area contributed by atoms with Crippen molar-refractivity contribution >= 4 is 23.2 Å². The van der Waals surface area contributed by atoms with Crippen LogP contribution in [0, 0.1) is 15.9 Å². The highest BCUT2D eigenvalue weighted by Gasteiger charge is 2.41. The Kier molecular flexibility index (Phi) is 3.16. The monoisotopic (exact) mass is 281 g/mol. The fourth-order valence-electron chi connectivity index (χ4n) is 2.02. The maximum Gasteiger partial charge on any atom is 0.274 e. The number of carbonyl (C=O) groups excluding carboxylic acids is 2. The number of imide groups is 1. The van der Waals surface area contributed by atoms with Gasteiger partial charge in [0.25, 0.3) is 11.6 Å². The van der Waals surface area contributed by atoms with E-state index in [1.54, 1.807) is 13.8 Å². The van der Waals surface area contributed by atoms with Crippen molar-refractivity contribution < 1.29 is 18.9 Å². The molecule has 2 amide bonds. The lowest BCUT2D eigenvalue weighted by Crippen LogP contribution is -2.64. The minimum atomic E-state index is -1.12. The van der Waals surface area contributed by atoms with Gasteiger partial charge in [0.15, 0.2) is 0 Å². The third-order valence-corrected chi connectivity index (χ3v) is 3.17. The van der Waals surface area contributed by atoms with Gasteiger partial charge in [-0.15, -0.1) is 0 Å². The van der Waals surface area contributed by atoms with Gasteiger partial charge in [-0.2, -0.15) is 0 Å². The second kappa shape index (κ2) is 4.55. The average Bonchev–Trinajstić information content (AvgIpc) is 2.33. The molecule has 1 fully saturated rings. The minimum absolute atomic E-state index is 0.116. The van der Waals surface area contributed by atoms with E-state index < -0.39 is 33.8 Å². The maximum absolute atomic E-state index is 13.5. The first-order valence-electron chi connectivity index (χ1n) is 5.79. The Morgan fingerprint density at radius 2 is 2.00 bits per heavy atom. The number of benzene rings is 1. The predicted octanol–water partition coefficient (Wildman–Crippen LogP) is 0.975. The van der Waals surface area contributed by atoms with E-state index in [9.17, 15) is 24.1 Å². The molecule has 1 aliphatic rings. The minimum Gasteiger partial charge on any atom is -0.348 e. The van der Waals surface area contributed by atoms with Crippen molar-refractivity contribution in [1.29, 1.82) is 0 Å². The molecule has 1 saturated heterocycles. The number of rotatable bonds is 2. The molecule has 20 heavy (non-hydrogen) atoms. The van der Waals surface area contributed by atoms with E-state index in [-0.39, 0.29) is 12.2 Å². The quantitative estimate of drug-likeness (QED) is 0.495. The Morgan fingerprint density at radius 3 is 2.60 bits per heavy atom. The largest absolute Gasteiger partial charge is 0.348 e. The highest BCUT2D eigenvalue weighted by molar-refractivity contribution is 6.06. The third-order valence-electron chi connectivity index (χ3n) is 3.17. The Hall–Kier alpha value is -2.51. The van der Waals surface area contributed by atoms with E-state index in [2.05, 4.69) is 5.32 Å². The topological polar surface area (TPSA) is 92.6 Å². The predicted molar refractivity (Wildman–Crippen MR) is 67.6 cm³/mol. The van der Waals surface area contributed by atoms with Crippen molar-refractivity contribution in [2.24, 2.45) is 0 Å². The van der Waals surface area contributed by atoms with Crippen LogP contribution in [0.15, 0.2) is 18.2 Å². The van der Waals surface area contributed by atoms with Crippen LogP contribution in [0.1, 0.15) is 13.8 Å². The zero-order chi connectivity index (χ0) is 15.1. The van der Waals surface area contributed by atoms with E-state index in [0.29, 0.717) is 0 Å². The summed E-state index contributed by atoms with van der Waals surface area (Å²) < 4.78 is 13.5. The van der Waals surface area contributed by atoms with Crippen LogP contribution in [-0.2, 0) is 9.59 Å². The molecule has 1 aliphatic heterocycles. The van der Waals surface area contributed by atoms with E-state index >= 15 is 0 Å². The molecule has 1 N–H and O–H groups in total. The molecule has 0 atom stereocenters. The lowest BCUT2D eigenvalue weighted by atomic mass is 9.97. The molecule has 1 aromatic carbocycles. The summed E-state index contributed by atoms with van der Waals surface area (Å²) in [7, 11) is 0. The first-order valence-corrected chi connectivity index (χ1v) is 5.79. The molecule has 2 rings (SSSR count). The average molecular weight is 281 g/mol. The number of nitrogens with one attached hydrogen (secondary N) is 1. The van der Waals surface area contributed by atoms with Gasteiger partial charge in [-0.1, -0.05) is 0 Å². The van der Waals surface area contributed by atoms with Crippen molar-refractivity contribution in [3.8, 4) is 0 Å². The molecule has 0 unspecified atom stereocenters. The van der Waals surface area contributed by atoms with Gasteiger partial charge in [0.1, 0.15) is 11.4 Å². The molecule has 1 heterocycles. The zero-order valence-electron chi connectivity index (χ0n) is 10.8. The number of halogens is 1. The highest BCUT2D eigenvalue weighted by atomic mass is 19.1. The van der Waals surface area contributed by atoms with Gasteiger partial charge >= 0.3 is 0 Å². The van der Waals surface area contributed by atoms with Crippen LogP contribution < -0.4 is 10.2 Å². The molecular weight excluding hydrogens is 269 g/mol. The molecule has 0 aliphatic carbocycles. The summed E-state index contributed by atoms with van der Waals surface area (Å²) in [6.07, 6.45) is 0. The molecule has 0 aromatic heterocycles. The smallest absolute Gasteiger partial charge is 0.274 e. The van der Waals surface area contributed by atoms with Gasteiger partial charge < -0.3 is 4.90 Å². The summed E-state index contributed by atoms with van der Waals surface area (Å²) in [6, 6.07) is 2.97. The summed E-state index contributed by atoms with van der Waals surface area (Å²) in [4.78, 5) is 34.6. The number of non-ortho nitro benzene ring substituents is 1. The molecule has 0 radical (unpaired) electrons. The lowest BCUT2D eigenvalue weighted by molar-refractivity contribution is -0.385. The molecule has 1 aromatic rings. The molecule has 7 nitrogen and oxygen atoms in total. The molecule has 0 saturated carbocycles. The van der Waals surface area contributed by atoms with Crippen molar-refractivity contribution in [3.05, 3.63) is 34.1 Å². The number of carbonyl (C=O) groups is 2. The van der Waals surface area contributed by atoms with Crippen molar-refractivity contribution in [1.82, 2.24) is 5.32 Å². The molecule has 0 spiro atoms. The first-order chi connectivity index (χ1) is 9.21. The Labute approximate surface area is 113 Å². The van der Waals surface area contributed by atoms with Crippen LogP contribution in [0.4, 0.5) is 15.8 Å². The van der Waals surface area contributed by atoms with Gasteiger partial charge in [-0.3, -0.25) is 25.0 Å². The van der Waals surface area contributed by atoms with Crippen molar-refractivity contribution in [2.75, 3.05) is 11.4 Å². The number of hydrogen-bond donors (Lipinski definition) is 1. The summed E-state index contributed by atoms with van der Waals surface area (Å²) in [6.45, 7) is 2.91. The van der Waals surface area contributed by atoms with Crippen LogP contribution in [0.3, 0.4) is 0 Å². The van der Waals surface area contributed by atoms with Gasteiger partial charge in [0.2, 0.25) is 5.91 Å². The highest BCUT2D eigenvalue weighted by Crippen LogP contribution is 2.30. The Balaban J connectivity index is 2.51. The second-order valence-corrected chi connectivity index (χ2v) is 4.95. The standard InChI is InChI=1S/C12H12FN3O4/c1-12(2)11(18)14-10(17)6-15(12)8-3-7(13)4-9(5-8)16(19)20/h3-5H,6H2,1-2H3,(H,14,17,18). The zero-order valence-corrected chi connectivity index (χ0v) is 10.8. The maximum atomic E-state index is 13.5. The fraction of sp³-hybridized carbons (Fsp3) is 0.333. The van der Waals surface area contributed by atoms with Crippen molar-refractivity contribution in [2.45, 2.75) is 19.4 Å². The Bertz CT molecular complexity index is 615. The van der Waals surface area contributed by atoms with Crippen molar-refractivity contribution in [3.63, 3.8) is 0 Å². The van der Waals surface area contributed by atoms with E-state index in [1.165, 1.54) is 4.90 Å². The number of nitro groups is 1. The lowest BCUT2D eigenvalue weighted by Gasteiger charge is -2.41. The SMILES string of the molecule is CC1(C)C(=O)NC(=O)CN1c1cc(F)cc([N+](=O)[O-])c1. The number of amides is 2.